The number of rotatable bonds is 9. The summed E-state index contributed by atoms with van der Waals surface area (Å²) in [5.74, 6) is -1.22. The van der Waals surface area contributed by atoms with Crippen molar-refractivity contribution in [3.05, 3.63) is 30.3 Å². The number of hydrogen-bond donors (Lipinski definition) is 0. The molecule has 1 rings (SSSR count). The van der Waals surface area contributed by atoms with Crippen LogP contribution in [0.5, 0.6) is 5.75 Å². The lowest BCUT2D eigenvalue weighted by Gasteiger charge is -2.30. The zero-order valence-corrected chi connectivity index (χ0v) is 12.6. The molecule has 0 heterocycles. The van der Waals surface area contributed by atoms with E-state index < -0.39 is 11.8 Å². The highest BCUT2D eigenvalue weighted by Crippen LogP contribution is 2.24. The largest absolute Gasteiger partial charge is 0.461 e. The molecule has 0 fully saturated rings. The summed E-state index contributed by atoms with van der Waals surface area (Å²) in [6.45, 7) is 6.49. The Hall–Kier alpha value is -1.55. The van der Waals surface area contributed by atoms with E-state index >= 15 is 0 Å². The minimum Gasteiger partial charge on any atom is -0.461 e. The van der Waals surface area contributed by atoms with Crippen molar-refractivity contribution < 1.29 is 19.0 Å². The zero-order valence-electron chi connectivity index (χ0n) is 12.6. The first-order valence-electron chi connectivity index (χ1n) is 7.23. The van der Waals surface area contributed by atoms with Gasteiger partial charge in [0.15, 0.2) is 0 Å². The van der Waals surface area contributed by atoms with Crippen molar-refractivity contribution in [1.82, 2.24) is 0 Å². The maximum atomic E-state index is 12.3. The smallest absolute Gasteiger partial charge is 0.379 e. The Morgan fingerprint density at radius 1 is 1.15 bits per heavy atom. The maximum Gasteiger partial charge on any atom is 0.379 e. The normalized spacial score (nSPS) is 13.6. The van der Waals surface area contributed by atoms with Crippen molar-refractivity contribution in [3.8, 4) is 5.75 Å². The molecule has 0 saturated heterocycles. The topological polar surface area (TPSA) is 44.8 Å². The van der Waals surface area contributed by atoms with Crippen LogP contribution in [-0.2, 0) is 14.3 Å². The number of hydrogen-bond acceptors (Lipinski definition) is 4. The summed E-state index contributed by atoms with van der Waals surface area (Å²) < 4.78 is 16.6. The summed E-state index contributed by atoms with van der Waals surface area (Å²) in [4.78, 5) is 12.3. The van der Waals surface area contributed by atoms with Gasteiger partial charge in [-0.05, 0) is 25.5 Å². The van der Waals surface area contributed by atoms with E-state index in [1.807, 2.05) is 39.0 Å². The summed E-state index contributed by atoms with van der Waals surface area (Å²) in [5, 5.41) is 0. The van der Waals surface area contributed by atoms with Gasteiger partial charge in [0.1, 0.15) is 5.75 Å². The van der Waals surface area contributed by atoms with Gasteiger partial charge in [0, 0.05) is 13.0 Å². The van der Waals surface area contributed by atoms with Gasteiger partial charge in [0.25, 0.3) is 0 Å². The summed E-state index contributed by atoms with van der Waals surface area (Å²) in [5.41, 5.74) is 0. The minimum absolute atomic E-state index is 0.379. The molecule has 1 aromatic carbocycles. The molecule has 0 aliphatic carbocycles. The molecule has 0 N–H and O–H groups in total. The fourth-order valence-corrected chi connectivity index (χ4v) is 1.78. The highest BCUT2D eigenvalue weighted by molar-refractivity contribution is 5.78. The van der Waals surface area contributed by atoms with Gasteiger partial charge in [0.05, 0.1) is 6.61 Å². The monoisotopic (exact) mass is 280 g/mol. The molecule has 0 amide bonds. The molecule has 0 aliphatic rings. The van der Waals surface area contributed by atoms with Crippen LogP contribution in [0.15, 0.2) is 30.3 Å². The Morgan fingerprint density at radius 3 is 2.40 bits per heavy atom. The quantitative estimate of drug-likeness (QED) is 0.394. The fourth-order valence-electron chi connectivity index (χ4n) is 1.78. The van der Waals surface area contributed by atoms with Crippen LogP contribution in [0, 0.1) is 0 Å². The molecule has 112 valence electrons. The second kappa shape index (κ2) is 8.59. The Bertz CT molecular complexity index is 391. The van der Waals surface area contributed by atoms with Crippen molar-refractivity contribution >= 4 is 5.97 Å². The average Bonchev–Trinajstić information content (AvgIpc) is 2.48. The van der Waals surface area contributed by atoms with Gasteiger partial charge in [-0.2, -0.15) is 0 Å². The molecule has 1 atom stereocenters. The molecule has 1 aromatic rings. The number of esters is 1. The van der Waals surface area contributed by atoms with E-state index in [2.05, 4.69) is 0 Å². The second-order valence-electron chi connectivity index (χ2n) is 4.44. The minimum atomic E-state index is -1.36. The number of carbonyl (C=O) groups excluding carboxylic acids is 1. The van der Waals surface area contributed by atoms with Crippen LogP contribution in [0.2, 0.25) is 0 Å². The second-order valence-corrected chi connectivity index (χ2v) is 4.44. The van der Waals surface area contributed by atoms with E-state index in [0.29, 0.717) is 25.4 Å². The van der Waals surface area contributed by atoms with Crippen molar-refractivity contribution in [2.75, 3.05) is 13.2 Å². The molecule has 0 aliphatic heterocycles. The van der Waals surface area contributed by atoms with Crippen LogP contribution in [0.4, 0.5) is 0 Å². The molecule has 20 heavy (non-hydrogen) atoms. The summed E-state index contributed by atoms with van der Waals surface area (Å²) in [6.07, 6.45) is 2.20. The van der Waals surface area contributed by atoms with Gasteiger partial charge in [0.2, 0.25) is 0 Å². The number of ether oxygens (including phenoxy) is 3. The molecular weight excluding hydrogens is 256 g/mol. The third-order valence-electron chi connectivity index (χ3n) is 2.91. The third-order valence-corrected chi connectivity index (χ3v) is 2.91. The highest BCUT2D eigenvalue weighted by atomic mass is 16.7. The van der Waals surface area contributed by atoms with Crippen LogP contribution in [-0.4, -0.2) is 25.0 Å². The lowest BCUT2D eigenvalue weighted by atomic mass is 10.2. The molecule has 0 aromatic heterocycles. The van der Waals surface area contributed by atoms with Gasteiger partial charge >= 0.3 is 11.8 Å². The van der Waals surface area contributed by atoms with E-state index in [4.69, 9.17) is 14.2 Å². The molecule has 0 spiro atoms. The molecule has 1 unspecified atom stereocenters. The first-order valence-corrected chi connectivity index (χ1v) is 7.23. The third kappa shape index (κ3) is 4.53. The van der Waals surface area contributed by atoms with Crippen molar-refractivity contribution in [2.45, 2.75) is 45.8 Å². The fraction of sp³-hybridized carbons (Fsp3) is 0.562. The number of benzene rings is 1. The average molecular weight is 280 g/mol. The Kier molecular flexibility index (Phi) is 7.09. The van der Waals surface area contributed by atoms with Crippen LogP contribution in [0.1, 0.15) is 40.0 Å². The molecule has 4 nitrogen and oxygen atoms in total. The van der Waals surface area contributed by atoms with Crippen LogP contribution >= 0.6 is 0 Å². The van der Waals surface area contributed by atoms with Crippen LogP contribution in [0.3, 0.4) is 0 Å². The van der Waals surface area contributed by atoms with Gasteiger partial charge in [-0.1, -0.05) is 38.5 Å². The SMILES string of the molecule is CCCCOC(=O)C(CC)(OCC)Oc1ccccc1. The molecule has 0 saturated carbocycles. The molecule has 0 bridgehead atoms. The summed E-state index contributed by atoms with van der Waals surface area (Å²) >= 11 is 0. The van der Waals surface area contributed by atoms with Gasteiger partial charge in [-0.25, -0.2) is 4.79 Å². The van der Waals surface area contributed by atoms with Gasteiger partial charge < -0.3 is 14.2 Å². The van der Waals surface area contributed by atoms with Gasteiger partial charge in [-0.15, -0.1) is 0 Å². The first kappa shape index (κ1) is 16.5. The van der Waals surface area contributed by atoms with E-state index in [0.717, 1.165) is 12.8 Å². The standard InChI is InChI=1S/C16H24O4/c1-4-7-13-18-15(17)16(5-2,19-6-3)20-14-11-9-8-10-12-14/h8-12H,4-7,13H2,1-3H3. The van der Waals surface area contributed by atoms with E-state index in [1.165, 1.54) is 0 Å². The molecule has 4 heteroatoms. The Balaban J connectivity index is 2.81. The number of para-hydroxylation sites is 1. The predicted octanol–water partition coefficient (Wildman–Crippen LogP) is 3.55. The highest BCUT2D eigenvalue weighted by Gasteiger charge is 2.42. The Morgan fingerprint density at radius 2 is 1.85 bits per heavy atom. The van der Waals surface area contributed by atoms with E-state index in [-0.39, 0.29) is 0 Å². The van der Waals surface area contributed by atoms with Crippen LogP contribution < -0.4 is 4.74 Å². The summed E-state index contributed by atoms with van der Waals surface area (Å²) in [6, 6.07) is 9.18. The number of carbonyl (C=O) groups is 1. The lowest BCUT2D eigenvalue weighted by molar-refractivity contribution is -0.217. The summed E-state index contributed by atoms with van der Waals surface area (Å²) in [7, 11) is 0. The Labute approximate surface area is 121 Å². The van der Waals surface area contributed by atoms with Crippen molar-refractivity contribution in [3.63, 3.8) is 0 Å². The molecular formula is C16H24O4. The lowest BCUT2D eigenvalue weighted by Crippen LogP contribution is -2.48. The van der Waals surface area contributed by atoms with Gasteiger partial charge in [-0.3, -0.25) is 0 Å². The van der Waals surface area contributed by atoms with E-state index in [1.54, 1.807) is 12.1 Å². The van der Waals surface area contributed by atoms with Crippen molar-refractivity contribution in [2.24, 2.45) is 0 Å². The molecule has 0 radical (unpaired) electrons. The predicted molar refractivity (Wildman–Crippen MR) is 77.6 cm³/mol. The zero-order chi connectivity index (χ0) is 14.8. The first-order chi connectivity index (χ1) is 9.68. The maximum absolute atomic E-state index is 12.3. The van der Waals surface area contributed by atoms with Crippen LogP contribution in [0.25, 0.3) is 0 Å². The van der Waals surface area contributed by atoms with Crippen molar-refractivity contribution in [1.29, 1.82) is 0 Å². The van der Waals surface area contributed by atoms with E-state index in [9.17, 15) is 4.79 Å². The number of unbranched alkanes of at least 4 members (excludes halogenated alkanes) is 1.